The minimum atomic E-state index is 0.295. The molecule has 0 spiro atoms. The van der Waals surface area contributed by atoms with Gasteiger partial charge in [0.05, 0.1) is 12.7 Å². The van der Waals surface area contributed by atoms with Crippen molar-refractivity contribution in [2.45, 2.75) is 32.9 Å². The van der Waals surface area contributed by atoms with Crippen molar-refractivity contribution in [2.75, 3.05) is 13.2 Å². The molecule has 1 aromatic carbocycles. The first-order chi connectivity index (χ1) is 7.59. The van der Waals surface area contributed by atoms with Crippen LogP contribution >= 0.6 is 11.6 Å². The van der Waals surface area contributed by atoms with Crippen LogP contribution in [0.3, 0.4) is 0 Å². The van der Waals surface area contributed by atoms with Gasteiger partial charge in [-0.15, -0.1) is 0 Å². The lowest BCUT2D eigenvalue weighted by Crippen LogP contribution is -2.24. The fraction of sp³-hybridized carbons (Fsp3) is 0.538. The number of ether oxygens (including phenoxy) is 1. The molecule has 0 bridgehead atoms. The van der Waals surface area contributed by atoms with Crippen LogP contribution in [-0.4, -0.2) is 19.3 Å². The summed E-state index contributed by atoms with van der Waals surface area (Å²) in [6.07, 6.45) is 0.295. The normalized spacial score (nSPS) is 13.1. The second-order valence-electron chi connectivity index (χ2n) is 4.15. The van der Waals surface area contributed by atoms with Gasteiger partial charge in [0.15, 0.2) is 0 Å². The maximum Gasteiger partial charge on any atom is 0.0594 e. The maximum absolute atomic E-state index is 5.94. The molecular weight excluding hydrogens is 222 g/mol. The lowest BCUT2D eigenvalue weighted by Gasteiger charge is -2.15. The van der Waals surface area contributed by atoms with E-state index in [1.165, 1.54) is 5.56 Å². The van der Waals surface area contributed by atoms with E-state index in [4.69, 9.17) is 16.3 Å². The third kappa shape index (κ3) is 4.97. The van der Waals surface area contributed by atoms with Gasteiger partial charge in [0.2, 0.25) is 0 Å². The Morgan fingerprint density at radius 1 is 1.31 bits per heavy atom. The smallest absolute Gasteiger partial charge is 0.0594 e. The summed E-state index contributed by atoms with van der Waals surface area (Å²) in [7, 11) is 0. The molecule has 0 aliphatic rings. The minimum absolute atomic E-state index is 0.295. The Bertz CT molecular complexity index is 315. The molecule has 0 unspecified atom stereocenters. The van der Waals surface area contributed by atoms with Gasteiger partial charge in [-0.05, 0) is 38.5 Å². The Morgan fingerprint density at radius 3 is 2.69 bits per heavy atom. The van der Waals surface area contributed by atoms with Crippen molar-refractivity contribution in [3.05, 3.63) is 34.9 Å². The van der Waals surface area contributed by atoms with Gasteiger partial charge >= 0.3 is 0 Å². The van der Waals surface area contributed by atoms with E-state index in [1.807, 2.05) is 32.0 Å². The van der Waals surface area contributed by atoms with Crippen molar-refractivity contribution < 1.29 is 4.74 Å². The van der Waals surface area contributed by atoms with E-state index in [0.29, 0.717) is 12.1 Å². The number of hydrogen-bond acceptors (Lipinski definition) is 2. The molecule has 1 rings (SSSR count). The highest BCUT2D eigenvalue weighted by Crippen LogP contribution is 2.16. The Balaban J connectivity index is 2.32. The van der Waals surface area contributed by atoms with Gasteiger partial charge in [-0.1, -0.05) is 23.7 Å². The number of hydrogen-bond donors (Lipinski definition) is 1. The van der Waals surface area contributed by atoms with E-state index >= 15 is 0 Å². The quantitative estimate of drug-likeness (QED) is 0.771. The average molecular weight is 242 g/mol. The Morgan fingerprint density at radius 2 is 2.06 bits per heavy atom. The van der Waals surface area contributed by atoms with Crippen LogP contribution in [0.5, 0.6) is 0 Å². The number of halogens is 1. The zero-order valence-electron chi connectivity index (χ0n) is 10.2. The summed E-state index contributed by atoms with van der Waals surface area (Å²) >= 11 is 5.94. The van der Waals surface area contributed by atoms with Crippen molar-refractivity contribution in [1.82, 2.24) is 5.32 Å². The Hall–Kier alpha value is -0.570. The fourth-order valence-corrected chi connectivity index (χ4v) is 1.66. The van der Waals surface area contributed by atoms with Crippen LogP contribution in [0.4, 0.5) is 0 Å². The second kappa shape index (κ2) is 6.89. The van der Waals surface area contributed by atoms with Gasteiger partial charge in [0.25, 0.3) is 0 Å². The lowest BCUT2D eigenvalue weighted by atomic mass is 10.1. The van der Waals surface area contributed by atoms with Gasteiger partial charge in [-0.25, -0.2) is 0 Å². The third-order valence-corrected chi connectivity index (χ3v) is 2.59. The molecule has 0 aromatic heterocycles. The summed E-state index contributed by atoms with van der Waals surface area (Å²) < 4.78 is 5.46. The zero-order valence-corrected chi connectivity index (χ0v) is 10.9. The van der Waals surface area contributed by atoms with E-state index in [9.17, 15) is 0 Å². The van der Waals surface area contributed by atoms with E-state index < -0.39 is 0 Å². The van der Waals surface area contributed by atoms with E-state index in [1.54, 1.807) is 0 Å². The van der Waals surface area contributed by atoms with Crippen LogP contribution in [0.2, 0.25) is 5.02 Å². The van der Waals surface area contributed by atoms with Crippen LogP contribution in [0.25, 0.3) is 0 Å². The first-order valence-corrected chi connectivity index (χ1v) is 6.08. The van der Waals surface area contributed by atoms with E-state index in [0.717, 1.165) is 18.2 Å². The predicted octanol–water partition coefficient (Wildman–Crippen LogP) is 3.42. The highest BCUT2D eigenvalue weighted by Gasteiger charge is 2.04. The molecule has 90 valence electrons. The first-order valence-electron chi connectivity index (χ1n) is 5.70. The number of rotatable bonds is 6. The van der Waals surface area contributed by atoms with Gasteiger partial charge in [0, 0.05) is 17.6 Å². The second-order valence-corrected chi connectivity index (χ2v) is 4.59. The predicted molar refractivity (Wildman–Crippen MR) is 69.0 cm³/mol. The van der Waals surface area contributed by atoms with Crippen LogP contribution in [0.1, 0.15) is 32.4 Å². The summed E-state index contributed by atoms with van der Waals surface area (Å²) in [5.41, 5.74) is 1.21. The van der Waals surface area contributed by atoms with Gasteiger partial charge < -0.3 is 10.1 Å². The van der Waals surface area contributed by atoms with Crippen LogP contribution in [0, 0.1) is 0 Å². The summed E-state index contributed by atoms with van der Waals surface area (Å²) in [4.78, 5) is 0. The topological polar surface area (TPSA) is 21.3 Å². The summed E-state index contributed by atoms with van der Waals surface area (Å²) in [5.74, 6) is 0. The molecule has 1 aromatic rings. The summed E-state index contributed by atoms with van der Waals surface area (Å²) in [5, 5.41) is 4.18. The molecule has 0 radical (unpaired) electrons. The molecule has 0 aliphatic carbocycles. The molecule has 0 saturated carbocycles. The molecule has 2 nitrogen and oxygen atoms in total. The standard InChI is InChI=1S/C13H20ClNO/c1-10(2)16-8-7-15-11(3)12-5-4-6-13(14)9-12/h4-6,9-11,15H,7-8H2,1-3H3/t11-/m0/s1. The highest BCUT2D eigenvalue weighted by molar-refractivity contribution is 6.30. The Labute approximate surface area is 103 Å². The van der Waals surface area contributed by atoms with E-state index in [2.05, 4.69) is 18.3 Å². The molecule has 0 fully saturated rings. The molecule has 0 heterocycles. The first kappa shape index (κ1) is 13.5. The molecule has 1 atom stereocenters. The molecule has 3 heteroatoms. The van der Waals surface area contributed by atoms with Crippen LogP contribution in [0.15, 0.2) is 24.3 Å². The summed E-state index contributed by atoms with van der Waals surface area (Å²) in [6, 6.07) is 8.23. The number of benzene rings is 1. The van der Waals surface area contributed by atoms with Crippen LogP contribution < -0.4 is 5.32 Å². The number of nitrogens with one attached hydrogen (secondary N) is 1. The molecule has 16 heavy (non-hydrogen) atoms. The van der Waals surface area contributed by atoms with Crippen LogP contribution in [-0.2, 0) is 4.74 Å². The molecular formula is C13H20ClNO. The average Bonchev–Trinajstić information content (AvgIpc) is 2.24. The highest BCUT2D eigenvalue weighted by atomic mass is 35.5. The maximum atomic E-state index is 5.94. The summed E-state index contributed by atoms with van der Waals surface area (Å²) in [6.45, 7) is 7.80. The molecule has 0 saturated heterocycles. The van der Waals surface area contributed by atoms with Crippen molar-refractivity contribution in [3.8, 4) is 0 Å². The minimum Gasteiger partial charge on any atom is -0.377 e. The van der Waals surface area contributed by atoms with Crippen molar-refractivity contribution in [1.29, 1.82) is 0 Å². The Kier molecular flexibility index (Phi) is 5.81. The third-order valence-electron chi connectivity index (χ3n) is 2.35. The van der Waals surface area contributed by atoms with Gasteiger partial charge in [-0.3, -0.25) is 0 Å². The fourth-order valence-electron chi connectivity index (χ4n) is 1.46. The van der Waals surface area contributed by atoms with Gasteiger partial charge in [0.1, 0.15) is 0 Å². The largest absolute Gasteiger partial charge is 0.377 e. The molecule has 0 amide bonds. The van der Waals surface area contributed by atoms with Gasteiger partial charge in [-0.2, -0.15) is 0 Å². The van der Waals surface area contributed by atoms with Crippen molar-refractivity contribution in [3.63, 3.8) is 0 Å². The zero-order chi connectivity index (χ0) is 12.0. The van der Waals surface area contributed by atoms with Crippen molar-refractivity contribution in [2.24, 2.45) is 0 Å². The van der Waals surface area contributed by atoms with Crippen molar-refractivity contribution >= 4 is 11.6 Å². The lowest BCUT2D eigenvalue weighted by molar-refractivity contribution is 0.0796. The molecule has 1 N–H and O–H groups in total. The monoisotopic (exact) mass is 241 g/mol. The molecule has 0 aliphatic heterocycles. The van der Waals surface area contributed by atoms with E-state index in [-0.39, 0.29) is 0 Å². The SMILES string of the molecule is CC(C)OCCN[C@@H](C)c1cccc(Cl)c1.